The molecular weight excluding hydrogens is 412 g/mol. The quantitative estimate of drug-likeness (QED) is 0.443. The molecule has 0 radical (unpaired) electrons. The Bertz CT molecular complexity index is 872. The van der Waals surface area contributed by atoms with Gasteiger partial charge in [0.1, 0.15) is 0 Å². The summed E-state index contributed by atoms with van der Waals surface area (Å²) in [7, 11) is 0. The van der Waals surface area contributed by atoms with E-state index in [1.807, 2.05) is 53.4 Å². The second-order valence-electron chi connectivity index (χ2n) is 8.71. The van der Waals surface area contributed by atoms with E-state index in [9.17, 15) is 9.59 Å². The zero-order valence-electron chi connectivity index (χ0n) is 20.1. The smallest absolute Gasteiger partial charge is 0.323 e. The predicted molar refractivity (Wildman–Crippen MR) is 137 cm³/mol. The molecule has 0 aliphatic carbocycles. The maximum absolute atomic E-state index is 12.4. The first-order chi connectivity index (χ1) is 16.1. The molecule has 6 heteroatoms. The molecule has 1 heterocycles. The summed E-state index contributed by atoms with van der Waals surface area (Å²) in [6.07, 6.45) is 7.54. The van der Waals surface area contributed by atoms with Gasteiger partial charge >= 0.3 is 6.03 Å². The molecule has 2 N–H and O–H groups in total. The van der Waals surface area contributed by atoms with Gasteiger partial charge in [-0.1, -0.05) is 51.7 Å². The van der Waals surface area contributed by atoms with E-state index in [0.29, 0.717) is 12.3 Å². The van der Waals surface area contributed by atoms with Gasteiger partial charge in [-0.25, -0.2) is 4.79 Å². The van der Waals surface area contributed by atoms with Crippen molar-refractivity contribution < 1.29 is 9.59 Å². The van der Waals surface area contributed by atoms with Gasteiger partial charge in [0.2, 0.25) is 5.91 Å². The molecule has 0 bridgehead atoms. The molecule has 1 saturated heterocycles. The first kappa shape index (κ1) is 24.6. The van der Waals surface area contributed by atoms with Crippen LogP contribution >= 0.6 is 0 Å². The molecule has 1 aliphatic rings. The molecule has 2 aromatic rings. The number of piperazine rings is 1. The summed E-state index contributed by atoms with van der Waals surface area (Å²) < 4.78 is 0. The molecule has 6 nitrogen and oxygen atoms in total. The highest BCUT2D eigenvalue weighted by Gasteiger charge is 2.20. The van der Waals surface area contributed by atoms with Crippen LogP contribution in [0.3, 0.4) is 0 Å². The second-order valence-corrected chi connectivity index (χ2v) is 8.71. The molecule has 0 aromatic heterocycles. The van der Waals surface area contributed by atoms with E-state index >= 15 is 0 Å². The van der Waals surface area contributed by atoms with Crippen molar-refractivity contribution in [2.75, 3.05) is 41.7 Å². The fourth-order valence-electron chi connectivity index (χ4n) is 4.12. The van der Waals surface area contributed by atoms with E-state index in [1.54, 1.807) is 0 Å². The number of hydrogen-bond acceptors (Lipinski definition) is 3. The van der Waals surface area contributed by atoms with E-state index in [4.69, 9.17) is 0 Å². The number of carbonyl (C=O) groups excluding carboxylic acids is 2. The standard InChI is InChI=1S/C27H38N4O2/c1-3-5-6-7-8-9-26(32)31-20-18-30(19-21-31)25-16-14-24(15-17-25)29-27(33)28-23-12-10-22(4-2)11-13-23/h10-17H,3-9,18-21H2,1-2H3,(H2,28,29,33). The number of amides is 3. The summed E-state index contributed by atoms with van der Waals surface area (Å²) in [4.78, 5) is 29.0. The lowest BCUT2D eigenvalue weighted by molar-refractivity contribution is -0.131. The Kier molecular flexibility index (Phi) is 9.60. The minimum absolute atomic E-state index is 0.256. The lowest BCUT2D eigenvalue weighted by Crippen LogP contribution is -2.48. The largest absolute Gasteiger partial charge is 0.368 e. The summed E-state index contributed by atoms with van der Waals surface area (Å²) in [6.45, 7) is 7.53. The lowest BCUT2D eigenvalue weighted by atomic mass is 10.1. The molecule has 1 fully saturated rings. The van der Waals surface area contributed by atoms with Crippen LogP contribution in [0.4, 0.5) is 21.9 Å². The van der Waals surface area contributed by atoms with E-state index in [-0.39, 0.29) is 6.03 Å². The molecule has 0 saturated carbocycles. The van der Waals surface area contributed by atoms with Gasteiger partial charge in [0.15, 0.2) is 0 Å². The Balaban J connectivity index is 1.41. The lowest BCUT2D eigenvalue weighted by Gasteiger charge is -2.36. The maximum Gasteiger partial charge on any atom is 0.323 e. The molecule has 1 aliphatic heterocycles. The highest BCUT2D eigenvalue weighted by atomic mass is 16.2. The molecular formula is C27H38N4O2. The van der Waals surface area contributed by atoms with Crippen LogP contribution in [0.15, 0.2) is 48.5 Å². The Hall–Kier alpha value is -3.02. The van der Waals surface area contributed by atoms with Gasteiger partial charge in [0.25, 0.3) is 0 Å². The number of rotatable bonds is 10. The van der Waals surface area contributed by atoms with Crippen LogP contribution in [0.5, 0.6) is 0 Å². The Labute approximate surface area is 198 Å². The average Bonchev–Trinajstić information content (AvgIpc) is 2.85. The molecule has 3 amide bonds. The summed E-state index contributed by atoms with van der Waals surface area (Å²) >= 11 is 0. The monoisotopic (exact) mass is 450 g/mol. The zero-order chi connectivity index (χ0) is 23.5. The van der Waals surface area contributed by atoms with Gasteiger partial charge in [-0.2, -0.15) is 0 Å². The zero-order valence-corrected chi connectivity index (χ0v) is 20.1. The molecule has 33 heavy (non-hydrogen) atoms. The van der Waals surface area contributed by atoms with Crippen LogP contribution in [0.1, 0.15) is 57.9 Å². The van der Waals surface area contributed by atoms with Gasteiger partial charge in [-0.05, 0) is 54.8 Å². The molecule has 0 spiro atoms. The molecule has 0 atom stereocenters. The van der Waals surface area contributed by atoms with E-state index in [1.165, 1.54) is 24.8 Å². The normalized spacial score (nSPS) is 13.6. The van der Waals surface area contributed by atoms with Gasteiger partial charge < -0.3 is 20.4 Å². The second kappa shape index (κ2) is 12.9. The number of aryl methyl sites for hydroxylation is 1. The van der Waals surface area contributed by atoms with E-state index < -0.39 is 0 Å². The van der Waals surface area contributed by atoms with Crippen molar-refractivity contribution in [1.82, 2.24) is 4.90 Å². The van der Waals surface area contributed by atoms with Crippen molar-refractivity contribution in [3.05, 3.63) is 54.1 Å². The van der Waals surface area contributed by atoms with E-state index in [0.717, 1.165) is 62.5 Å². The van der Waals surface area contributed by atoms with Gasteiger partial charge in [-0.15, -0.1) is 0 Å². The van der Waals surface area contributed by atoms with Crippen LogP contribution in [-0.2, 0) is 11.2 Å². The average molecular weight is 451 g/mol. The fraction of sp³-hybridized carbons (Fsp3) is 0.481. The van der Waals surface area contributed by atoms with Gasteiger partial charge in [-0.3, -0.25) is 4.79 Å². The van der Waals surface area contributed by atoms with Gasteiger partial charge in [0.05, 0.1) is 0 Å². The molecule has 2 aromatic carbocycles. The van der Waals surface area contributed by atoms with Gasteiger partial charge in [0, 0.05) is 49.7 Å². The minimum Gasteiger partial charge on any atom is -0.368 e. The molecule has 3 rings (SSSR count). The number of urea groups is 1. The highest BCUT2D eigenvalue weighted by molar-refractivity contribution is 5.99. The summed E-state index contributed by atoms with van der Waals surface area (Å²) in [6, 6.07) is 15.5. The van der Waals surface area contributed by atoms with Crippen LogP contribution in [-0.4, -0.2) is 43.0 Å². The van der Waals surface area contributed by atoms with Crippen molar-refractivity contribution in [3.63, 3.8) is 0 Å². The van der Waals surface area contributed by atoms with Crippen LogP contribution < -0.4 is 15.5 Å². The number of nitrogens with zero attached hydrogens (tertiary/aromatic N) is 2. The number of unbranched alkanes of at least 4 members (excludes halogenated alkanes) is 4. The van der Waals surface area contributed by atoms with Crippen molar-refractivity contribution in [2.45, 2.75) is 58.8 Å². The Morgan fingerprint density at radius 3 is 1.91 bits per heavy atom. The maximum atomic E-state index is 12.4. The van der Waals surface area contributed by atoms with Crippen molar-refractivity contribution >= 4 is 29.0 Å². The summed E-state index contributed by atoms with van der Waals surface area (Å²) in [5, 5.41) is 5.74. The third-order valence-corrected chi connectivity index (χ3v) is 6.24. The number of hydrogen-bond donors (Lipinski definition) is 2. The molecule has 178 valence electrons. The highest BCUT2D eigenvalue weighted by Crippen LogP contribution is 2.20. The third-order valence-electron chi connectivity index (χ3n) is 6.24. The first-order valence-corrected chi connectivity index (χ1v) is 12.4. The number of nitrogens with one attached hydrogen (secondary N) is 2. The van der Waals surface area contributed by atoms with E-state index in [2.05, 4.69) is 29.4 Å². The predicted octanol–water partition coefficient (Wildman–Crippen LogP) is 5.90. The Morgan fingerprint density at radius 2 is 1.33 bits per heavy atom. The number of carbonyl (C=O) groups is 2. The minimum atomic E-state index is -0.256. The van der Waals surface area contributed by atoms with Crippen molar-refractivity contribution in [1.29, 1.82) is 0 Å². The fourth-order valence-corrected chi connectivity index (χ4v) is 4.12. The van der Waals surface area contributed by atoms with Crippen molar-refractivity contribution in [2.24, 2.45) is 0 Å². The van der Waals surface area contributed by atoms with Crippen LogP contribution in [0.25, 0.3) is 0 Å². The SMILES string of the molecule is CCCCCCCC(=O)N1CCN(c2ccc(NC(=O)Nc3ccc(CC)cc3)cc2)CC1. The summed E-state index contributed by atoms with van der Waals surface area (Å²) in [5.41, 5.74) is 3.87. The molecule has 0 unspecified atom stereocenters. The number of benzene rings is 2. The third kappa shape index (κ3) is 7.81. The van der Waals surface area contributed by atoms with Crippen LogP contribution in [0, 0.1) is 0 Å². The van der Waals surface area contributed by atoms with Crippen molar-refractivity contribution in [3.8, 4) is 0 Å². The number of anilines is 3. The summed E-state index contributed by atoms with van der Waals surface area (Å²) in [5.74, 6) is 0.293. The first-order valence-electron chi connectivity index (χ1n) is 12.4. The topological polar surface area (TPSA) is 64.7 Å². The Morgan fingerprint density at radius 1 is 0.758 bits per heavy atom. The van der Waals surface area contributed by atoms with Crippen LogP contribution in [0.2, 0.25) is 0 Å².